The molecule has 0 saturated carbocycles. The van der Waals surface area contributed by atoms with Gasteiger partial charge in [0.25, 0.3) is 0 Å². The molecule has 0 bridgehead atoms. The smallest absolute Gasteiger partial charge is 0.0653 e. The van der Waals surface area contributed by atoms with Crippen molar-refractivity contribution in [1.82, 2.24) is 0 Å². The number of ether oxygens (including phenoxy) is 6. The van der Waals surface area contributed by atoms with Crippen molar-refractivity contribution >= 4 is 33.1 Å². The fourth-order valence-corrected chi connectivity index (χ4v) is 5.10. The van der Waals surface area contributed by atoms with E-state index in [-0.39, 0.29) is 25.2 Å². The van der Waals surface area contributed by atoms with E-state index >= 15 is 0 Å². The van der Waals surface area contributed by atoms with Crippen LogP contribution in [-0.2, 0) is 38.0 Å². The molecule has 0 aliphatic heterocycles. The van der Waals surface area contributed by atoms with Crippen molar-refractivity contribution in [2.75, 3.05) is 66.1 Å². The maximum atomic E-state index is 11.7. The van der Waals surface area contributed by atoms with E-state index in [1.54, 1.807) is 0 Å². The van der Waals surface area contributed by atoms with Gasteiger partial charge in [0.1, 0.15) is 0 Å². The summed E-state index contributed by atoms with van der Waals surface area (Å²) in [4.78, 5) is 23.3. The summed E-state index contributed by atoms with van der Waals surface area (Å²) in [5, 5.41) is 0. The third kappa shape index (κ3) is 25.7. The molecule has 0 aromatic carbocycles. The predicted molar refractivity (Wildman–Crippen MR) is 120 cm³/mol. The van der Waals surface area contributed by atoms with Crippen LogP contribution in [0.25, 0.3) is 0 Å². The molecule has 0 spiro atoms. The molecule has 0 radical (unpaired) electrons. The summed E-state index contributed by atoms with van der Waals surface area (Å²) in [6.45, 7) is 9.30. The number of hydrogen-bond donors (Lipinski definition) is 0. The number of esters is 2. The second kappa shape index (κ2) is 25.8. The van der Waals surface area contributed by atoms with E-state index in [9.17, 15) is 9.59 Å². The summed E-state index contributed by atoms with van der Waals surface area (Å²) in [6, 6.07) is 0. The molecule has 0 aromatic heterocycles. The molecule has 0 aliphatic carbocycles. The summed E-state index contributed by atoms with van der Waals surface area (Å²) in [6.07, 6.45) is 5.22. The molecule has 0 aliphatic rings. The van der Waals surface area contributed by atoms with Crippen LogP contribution in [0.1, 0.15) is 52.4 Å². The molecule has 31 heavy (non-hydrogen) atoms. The molecule has 0 fully saturated rings. The van der Waals surface area contributed by atoms with Gasteiger partial charge in [-0.3, -0.25) is 0 Å². The summed E-state index contributed by atoms with van der Waals surface area (Å²) in [5.74, 6) is -0.385. The van der Waals surface area contributed by atoms with E-state index in [2.05, 4.69) is 13.8 Å². The van der Waals surface area contributed by atoms with Crippen LogP contribution in [0.2, 0.25) is 8.87 Å². The van der Waals surface area contributed by atoms with Gasteiger partial charge in [-0.2, -0.15) is 0 Å². The third-order valence-corrected chi connectivity index (χ3v) is 7.47. The maximum absolute atomic E-state index is 11.7. The second-order valence-corrected chi connectivity index (χ2v) is 11.1. The van der Waals surface area contributed by atoms with Gasteiger partial charge in [0.15, 0.2) is 0 Å². The third-order valence-electron chi connectivity index (χ3n) is 4.02. The van der Waals surface area contributed by atoms with Gasteiger partial charge >= 0.3 is 172 Å². The van der Waals surface area contributed by atoms with Crippen LogP contribution in [-0.4, -0.2) is 99.1 Å². The monoisotopic (exact) mass is 554 g/mol. The van der Waals surface area contributed by atoms with Crippen molar-refractivity contribution in [1.29, 1.82) is 0 Å². The first kappa shape index (κ1) is 30.6. The van der Waals surface area contributed by atoms with Crippen LogP contribution in [0.15, 0.2) is 0 Å². The van der Waals surface area contributed by atoms with Gasteiger partial charge in [0.2, 0.25) is 0 Å². The Morgan fingerprint density at radius 3 is 1.29 bits per heavy atom. The average molecular weight is 553 g/mol. The van der Waals surface area contributed by atoms with Crippen molar-refractivity contribution in [2.45, 2.75) is 61.2 Å². The number of carbonyl (C=O) groups excluding carboxylic acids is 2. The van der Waals surface area contributed by atoms with Crippen molar-refractivity contribution in [3.63, 3.8) is 0 Å². The van der Waals surface area contributed by atoms with Crippen LogP contribution >= 0.6 is 0 Å². The van der Waals surface area contributed by atoms with E-state index in [1.165, 1.54) is 0 Å². The Labute approximate surface area is 198 Å². The molecule has 0 amide bonds. The molecule has 8 nitrogen and oxygen atoms in total. The fourth-order valence-electron chi connectivity index (χ4n) is 2.22. The number of hydrogen-bond acceptors (Lipinski definition) is 8. The number of carbonyl (C=O) groups is 2. The van der Waals surface area contributed by atoms with Crippen LogP contribution in [0.3, 0.4) is 0 Å². The first-order valence-electron chi connectivity index (χ1n) is 11.5. The summed E-state index contributed by atoms with van der Waals surface area (Å²) >= 11 is -0.745. The first-order valence-corrected chi connectivity index (χ1v) is 15.6. The molecule has 0 N–H and O–H groups in total. The van der Waals surface area contributed by atoms with Gasteiger partial charge in [-0.25, -0.2) is 0 Å². The minimum absolute atomic E-state index is 0.193. The summed E-state index contributed by atoms with van der Waals surface area (Å²) in [7, 11) is 0. The molecule has 0 heterocycles. The minimum Gasteiger partial charge on any atom is -0.0653 e. The molecule has 0 atom stereocenters. The van der Waals surface area contributed by atoms with Crippen molar-refractivity contribution in [3.05, 3.63) is 0 Å². The standard InChI is InChI=1S/2C11H21O4.Sn/c2*1-3-5-6-13-7-8-14-9-10-15-11(12)4-2;/h2*2-10H2,1H3;/q;;+2. The predicted octanol–water partition coefficient (Wildman–Crippen LogP) is 3.06. The Bertz CT molecular complexity index is 373. The Morgan fingerprint density at radius 1 is 0.548 bits per heavy atom. The molecule has 180 valence electrons. The fraction of sp³-hybridized carbons (Fsp3) is 0.909. The van der Waals surface area contributed by atoms with E-state index in [0.29, 0.717) is 52.5 Å². The second-order valence-electron chi connectivity index (χ2n) is 6.85. The SMILES string of the molecule is CCCCOCCOCCOC(=O)C[CH2][Sn+2][CH2]CC(=O)OCCOCCOCCCC. The average Bonchev–Trinajstić information content (AvgIpc) is 2.76. The van der Waals surface area contributed by atoms with Crippen LogP contribution in [0, 0.1) is 0 Å². The molecule has 0 rings (SSSR count). The number of unbranched alkanes of at least 4 members (excludes halogenated alkanes) is 2. The summed E-state index contributed by atoms with van der Waals surface area (Å²) in [5.41, 5.74) is 0. The topological polar surface area (TPSA) is 89.5 Å². The van der Waals surface area contributed by atoms with E-state index < -0.39 is 21.1 Å². The quantitative estimate of drug-likeness (QED) is 0.102. The Morgan fingerprint density at radius 2 is 0.903 bits per heavy atom. The Balaban J connectivity index is 3.28. The van der Waals surface area contributed by atoms with Crippen molar-refractivity contribution in [2.24, 2.45) is 0 Å². The number of rotatable bonds is 24. The minimum atomic E-state index is -0.745. The van der Waals surface area contributed by atoms with Crippen LogP contribution in [0.4, 0.5) is 0 Å². The van der Waals surface area contributed by atoms with Crippen LogP contribution in [0.5, 0.6) is 0 Å². The van der Waals surface area contributed by atoms with E-state index in [4.69, 9.17) is 28.4 Å². The Kier molecular flexibility index (Phi) is 25.5. The van der Waals surface area contributed by atoms with Gasteiger partial charge in [0.05, 0.1) is 0 Å². The molecule has 0 aromatic rings. The molecule has 9 heteroatoms. The van der Waals surface area contributed by atoms with Gasteiger partial charge in [-0.05, 0) is 0 Å². The molecular formula is C22H42O8Sn+2. The van der Waals surface area contributed by atoms with E-state index in [1.807, 2.05) is 0 Å². The normalized spacial score (nSPS) is 10.6. The van der Waals surface area contributed by atoms with Crippen LogP contribution < -0.4 is 0 Å². The zero-order chi connectivity index (χ0) is 22.8. The zero-order valence-electron chi connectivity index (χ0n) is 19.5. The van der Waals surface area contributed by atoms with Gasteiger partial charge in [0, 0.05) is 0 Å². The first-order chi connectivity index (χ1) is 15.2. The molecule has 0 saturated heterocycles. The molecular weight excluding hydrogens is 511 g/mol. The Hall–Kier alpha value is -0.421. The van der Waals surface area contributed by atoms with Crippen molar-refractivity contribution in [3.8, 4) is 0 Å². The van der Waals surface area contributed by atoms with E-state index in [0.717, 1.165) is 47.8 Å². The van der Waals surface area contributed by atoms with Gasteiger partial charge in [-0.1, -0.05) is 26.7 Å². The summed E-state index contributed by atoms with van der Waals surface area (Å²) < 4.78 is 33.4. The van der Waals surface area contributed by atoms with Gasteiger partial charge in [-0.15, -0.1) is 0 Å². The van der Waals surface area contributed by atoms with Gasteiger partial charge < -0.3 is 0 Å². The van der Waals surface area contributed by atoms with Crippen molar-refractivity contribution < 1.29 is 38.0 Å². The zero-order valence-corrected chi connectivity index (χ0v) is 22.3. The molecule has 0 unspecified atom stereocenters.